The molecule has 0 atom stereocenters. The largest absolute Gasteiger partial charge is 0.504 e. The lowest BCUT2D eigenvalue weighted by molar-refractivity contribution is -0.134. The molecule has 0 spiro atoms. The summed E-state index contributed by atoms with van der Waals surface area (Å²) in [6, 6.07) is 15.6. The van der Waals surface area contributed by atoms with Crippen LogP contribution in [0.15, 0.2) is 48.5 Å². The Labute approximate surface area is 230 Å². The minimum Gasteiger partial charge on any atom is -0.504 e. The fourth-order valence-electron chi connectivity index (χ4n) is 5.22. The number of unbranched alkanes of at least 4 members (excludes halogenated alkanes) is 14. The quantitative estimate of drug-likeness (QED) is 0.0887. The summed E-state index contributed by atoms with van der Waals surface area (Å²) < 4.78 is 5.51. The van der Waals surface area contributed by atoms with Crippen molar-refractivity contribution in [3.8, 4) is 11.5 Å². The van der Waals surface area contributed by atoms with Crippen LogP contribution >= 0.6 is 0 Å². The number of benzene rings is 2. The molecular weight excluding hydrogens is 470 g/mol. The fourth-order valence-corrected chi connectivity index (χ4v) is 5.22. The maximum atomic E-state index is 12.4. The highest BCUT2D eigenvalue weighted by atomic mass is 16.5. The highest BCUT2D eigenvalue weighted by Gasteiger charge is 2.13. The second-order valence-electron chi connectivity index (χ2n) is 10.8. The number of nitrogens with one attached hydrogen (secondary N) is 1. The molecule has 0 saturated heterocycles. The molecule has 0 amide bonds. The Kier molecular flexibility index (Phi) is 13.9. The van der Waals surface area contributed by atoms with Gasteiger partial charge in [-0.05, 0) is 48.4 Å². The summed E-state index contributed by atoms with van der Waals surface area (Å²) >= 11 is 0. The van der Waals surface area contributed by atoms with E-state index in [-0.39, 0.29) is 23.9 Å². The SMILES string of the molecule is CCCCCCCCCCCCCCCCCc1cccc(OC(=O)CCc2cc3ccccc3[nH]2)c1O. The third-order valence-corrected chi connectivity index (χ3v) is 7.54. The molecule has 0 radical (unpaired) electrons. The number of carbonyl (C=O) groups is 1. The molecule has 0 bridgehead atoms. The number of rotatable bonds is 20. The molecule has 2 N–H and O–H groups in total. The van der Waals surface area contributed by atoms with Gasteiger partial charge in [-0.25, -0.2) is 0 Å². The first-order valence-corrected chi connectivity index (χ1v) is 15.3. The lowest BCUT2D eigenvalue weighted by Gasteiger charge is -2.10. The molecule has 4 nitrogen and oxygen atoms in total. The highest BCUT2D eigenvalue weighted by molar-refractivity contribution is 5.80. The monoisotopic (exact) mass is 519 g/mol. The van der Waals surface area contributed by atoms with Crippen LogP contribution in [0, 0.1) is 0 Å². The van der Waals surface area contributed by atoms with E-state index >= 15 is 0 Å². The van der Waals surface area contributed by atoms with Gasteiger partial charge in [0.2, 0.25) is 0 Å². The smallest absolute Gasteiger partial charge is 0.311 e. The van der Waals surface area contributed by atoms with Crippen molar-refractivity contribution >= 4 is 16.9 Å². The van der Waals surface area contributed by atoms with Gasteiger partial charge in [0, 0.05) is 11.2 Å². The van der Waals surface area contributed by atoms with E-state index < -0.39 is 0 Å². The van der Waals surface area contributed by atoms with E-state index in [0.717, 1.165) is 35.0 Å². The third kappa shape index (κ3) is 10.9. The van der Waals surface area contributed by atoms with Gasteiger partial charge in [0.15, 0.2) is 11.5 Å². The number of aryl methyl sites for hydroxylation is 2. The Morgan fingerprint density at radius 1 is 0.737 bits per heavy atom. The van der Waals surface area contributed by atoms with E-state index in [1.54, 1.807) is 6.07 Å². The number of fused-ring (bicyclic) bond motifs is 1. The van der Waals surface area contributed by atoms with Gasteiger partial charge < -0.3 is 14.8 Å². The van der Waals surface area contributed by atoms with Crippen LogP contribution in [0.1, 0.15) is 121 Å². The lowest BCUT2D eigenvalue weighted by atomic mass is 10.0. The number of esters is 1. The van der Waals surface area contributed by atoms with Crippen molar-refractivity contribution < 1.29 is 14.6 Å². The number of phenols is 1. The van der Waals surface area contributed by atoms with E-state index in [1.165, 1.54) is 89.9 Å². The molecular formula is C34H49NO3. The minimum atomic E-state index is -0.330. The van der Waals surface area contributed by atoms with E-state index in [0.29, 0.717) is 6.42 Å². The first-order chi connectivity index (χ1) is 18.7. The van der Waals surface area contributed by atoms with Crippen LogP contribution in [0.4, 0.5) is 0 Å². The van der Waals surface area contributed by atoms with Crippen LogP contribution in [-0.2, 0) is 17.6 Å². The second-order valence-corrected chi connectivity index (χ2v) is 10.8. The van der Waals surface area contributed by atoms with Gasteiger partial charge in [0.25, 0.3) is 0 Å². The Hall–Kier alpha value is -2.75. The summed E-state index contributed by atoms with van der Waals surface area (Å²) in [6.07, 6.45) is 21.7. The number of carbonyl (C=O) groups excluding carboxylic acids is 1. The fraction of sp³-hybridized carbons (Fsp3) is 0.559. The van der Waals surface area contributed by atoms with Crippen molar-refractivity contribution in [2.75, 3.05) is 0 Å². The van der Waals surface area contributed by atoms with Crippen molar-refractivity contribution in [1.82, 2.24) is 4.98 Å². The maximum Gasteiger partial charge on any atom is 0.311 e. The molecule has 0 saturated carbocycles. The van der Waals surface area contributed by atoms with E-state index in [4.69, 9.17) is 4.74 Å². The predicted octanol–water partition coefficient (Wildman–Crippen LogP) is 9.83. The molecule has 208 valence electrons. The van der Waals surface area contributed by atoms with Crippen LogP contribution in [0.3, 0.4) is 0 Å². The maximum absolute atomic E-state index is 12.4. The number of aromatic amines is 1. The molecule has 3 aromatic rings. The standard InChI is InChI=1S/C34H49NO3/c1-2-3-4-5-6-7-8-9-10-11-12-13-14-15-16-20-28-22-19-24-32(34(28)37)38-33(36)26-25-30-27-29-21-17-18-23-31(29)35-30/h17-19,21-24,27,35,37H,2-16,20,25-26H2,1H3. The minimum absolute atomic E-state index is 0.108. The van der Waals surface area contributed by atoms with Crippen molar-refractivity contribution in [3.63, 3.8) is 0 Å². The third-order valence-electron chi connectivity index (χ3n) is 7.54. The van der Waals surface area contributed by atoms with Crippen LogP contribution in [0.5, 0.6) is 11.5 Å². The van der Waals surface area contributed by atoms with Crippen molar-refractivity contribution in [2.45, 2.75) is 122 Å². The molecule has 2 aromatic carbocycles. The van der Waals surface area contributed by atoms with Crippen LogP contribution in [0.25, 0.3) is 10.9 Å². The van der Waals surface area contributed by atoms with Gasteiger partial charge in [-0.3, -0.25) is 4.79 Å². The first-order valence-electron chi connectivity index (χ1n) is 15.3. The number of H-pyrrole nitrogens is 1. The number of phenolic OH excluding ortho intramolecular Hbond substituents is 1. The molecule has 3 rings (SSSR count). The molecule has 0 fully saturated rings. The molecule has 38 heavy (non-hydrogen) atoms. The summed E-state index contributed by atoms with van der Waals surface area (Å²) in [5.41, 5.74) is 2.94. The van der Waals surface area contributed by atoms with Crippen LogP contribution < -0.4 is 4.74 Å². The first kappa shape index (κ1) is 29.8. The topological polar surface area (TPSA) is 62.3 Å². The van der Waals surface area contributed by atoms with Crippen molar-refractivity contribution in [2.24, 2.45) is 0 Å². The van der Waals surface area contributed by atoms with Gasteiger partial charge in [0.05, 0.1) is 6.42 Å². The van der Waals surface area contributed by atoms with Crippen LogP contribution in [0.2, 0.25) is 0 Å². The summed E-state index contributed by atoms with van der Waals surface area (Å²) in [4.78, 5) is 15.8. The number of ether oxygens (including phenoxy) is 1. The zero-order valence-electron chi connectivity index (χ0n) is 23.6. The number of para-hydroxylation sites is 2. The Morgan fingerprint density at radius 2 is 1.34 bits per heavy atom. The summed E-state index contributed by atoms with van der Waals surface area (Å²) in [6.45, 7) is 2.28. The summed E-state index contributed by atoms with van der Waals surface area (Å²) in [5, 5.41) is 11.8. The van der Waals surface area contributed by atoms with Gasteiger partial charge in [-0.15, -0.1) is 0 Å². The second kappa shape index (κ2) is 17.7. The summed E-state index contributed by atoms with van der Waals surface area (Å²) in [5.74, 6) is 0.0463. The van der Waals surface area contributed by atoms with E-state index in [1.807, 2.05) is 30.3 Å². The number of aromatic nitrogens is 1. The van der Waals surface area contributed by atoms with Crippen LogP contribution in [-0.4, -0.2) is 16.1 Å². The molecule has 0 aliphatic carbocycles. The van der Waals surface area contributed by atoms with Crippen molar-refractivity contribution in [3.05, 3.63) is 59.8 Å². The Bertz CT molecular complexity index is 1040. The number of hydrogen-bond donors (Lipinski definition) is 2. The molecule has 0 unspecified atom stereocenters. The normalized spacial score (nSPS) is 11.3. The summed E-state index contributed by atoms with van der Waals surface area (Å²) in [7, 11) is 0. The predicted molar refractivity (Wildman–Crippen MR) is 159 cm³/mol. The molecule has 4 heteroatoms. The Morgan fingerprint density at radius 3 is 1.97 bits per heavy atom. The lowest BCUT2D eigenvalue weighted by Crippen LogP contribution is -2.09. The van der Waals surface area contributed by atoms with Gasteiger partial charge in [-0.1, -0.05) is 127 Å². The zero-order chi connectivity index (χ0) is 26.8. The molecule has 1 aromatic heterocycles. The van der Waals surface area contributed by atoms with E-state index in [2.05, 4.69) is 24.0 Å². The average Bonchev–Trinajstić information content (AvgIpc) is 3.35. The average molecular weight is 520 g/mol. The van der Waals surface area contributed by atoms with Gasteiger partial charge >= 0.3 is 5.97 Å². The Balaban J connectivity index is 1.24. The zero-order valence-corrected chi connectivity index (χ0v) is 23.6. The van der Waals surface area contributed by atoms with Gasteiger partial charge in [0.1, 0.15) is 0 Å². The molecule has 0 aliphatic heterocycles. The molecule has 1 heterocycles. The highest BCUT2D eigenvalue weighted by Crippen LogP contribution is 2.31. The van der Waals surface area contributed by atoms with Gasteiger partial charge in [-0.2, -0.15) is 0 Å². The number of aromatic hydroxyl groups is 1. The van der Waals surface area contributed by atoms with Crippen molar-refractivity contribution in [1.29, 1.82) is 0 Å². The van der Waals surface area contributed by atoms with E-state index in [9.17, 15) is 9.90 Å². The molecule has 0 aliphatic rings. The number of hydrogen-bond acceptors (Lipinski definition) is 3.